The maximum absolute atomic E-state index is 12.1. The molecule has 2 rings (SSSR count). The van der Waals surface area contributed by atoms with E-state index in [0.717, 1.165) is 4.57 Å². The van der Waals surface area contributed by atoms with Gasteiger partial charge in [0.2, 0.25) is 0 Å². The summed E-state index contributed by atoms with van der Waals surface area (Å²) in [5.74, 6) is -0.921. The van der Waals surface area contributed by atoms with Gasteiger partial charge in [-0.3, -0.25) is 9.59 Å². The van der Waals surface area contributed by atoms with E-state index in [1.54, 1.807) is 20.0 Å². The van der Waals surface area contributed by atoms with Gasteiger partial charge >= 0.3 is 11.7 Å². The van der Waals surface area contributed by atoms with Crippen LogP contribution in [0.3, 0.4) is 0 Å². The molecule has 2 heterocycles. The minimum atomic E-state index is -1.10. The van der Waals surface area contributed by atoms with Crippen molar-refractivity contribution in [1.29, 1.82) is 0 Å². The number of aryl methyl sites for hydroxylation is 2. The molecule has 0 aliphatic rings. The highest BCUT2D eigenvalue weighted by atomic mass is 16.4. The van der Waals surface area contributed by atoms with E-state index < -0.39 is 23.3 Å². The third-order valence-electron chi connectivity index (χ3n) is 3.23. The zero-order valence-electron chi connectivity index (χ0n) is 12.2. The largest absolute Gasteiger partial charge is 0.480 e. The number of carboxylic acids is 1. The van der Waals surface area contributed by atoms with Crippen molar-refractivity contribution < 1.29 is 9.90 Å². The predicted octanol–water partition coefficient (Wildman–Crippen LogP) is -0.806. The number of pyridine rings is 1. The highest BCUT2D eigenvalue weighted by Crippen LogP contribution is 2.05. The lowest BCUT2D eigenvalue weighted by Crippen LogP contribution is -2.39. The zero-order chi connectivity index (χ0) is 16.4. The summed E-state index contributed by atoms with van der Waals surface area (Å²) in [7, 11) is 1.55. The predicted molar refractivity (Wildman–Crippen MR) is 79.1 cm³/mol. The Morgan fingerprint density at radius 2 is 2.09 bits per heavy atom. The number of hydrogen-bond acceptors (Lipinski definition) is 5. The number of nitrogens with two attached hydrogens (primary N) is 1. The molecule has 1 unspecified atom stereocenters. The first kappa shape index (κ1) is 15.6. The van der Waals surface area contributed by atoms with E-state index in [2.05, 4.69) is 4.98 Å². The van der Waals surface area contributed by atoms with Crippen molar-refractivity contribution in [2.45, 2.75) is 19.4 Å². The Bertz CT molecular complexity index is 786. The first-order valence-corrected chi connectivity index (χ1v) is 6.54. The van der Waals surface area contributed by atoms with Crippen LogP contribution in [0.25, 0.3) is 5.82 Å². The van der Waals surface area contributed by atoms with E-state index >= 15 is 0 Å². The summed E-state index contributed by atoms with van der Waals surface area (Å²) in [6.07, 6.45) is 2.98. The van der Waals surface area contributed by atoms with Crippen LogP contribution in [0, 0.1) is 6.92 Å². The number of aliphatic carboxylic acids is 1. The molecular formula is C14H16N4O4. The van der Waals surface area contributed by atoms with E-state index in [4.69, 9.17) is 10.8 Å². The molecule has 0 amide bonds. The van der Waals surface area contributed by atoms with Gasteiger partial charge in [0.1, 0.15) is 11.9 Å². The first-order valence-electron chi connectivity index (χ1n) is 6.54. The molecule has 0 aliphatic heterocycles. The highest BCUT2D eigenvalue weighted by Gasteiger charge is 2.14. The summed E-state index contributed by atoms with van der Waals surface area (Å²) in [6, 6.07) is 2.06. The molecule has 8 heteroatoms. The van der Waals surface area contributed by atoms with E-state index in [9.17, 15) is 14.4 Å². The Morgan fingerprint density at radius 1 is 1.41 bits per heavy atom. The second kappa shape index (κ2) is 5.94. The standard InChI is InChI=1S/C14H16N4O4/c1-8-7-17(2)14(22)18(12(8)19)11-4-3-9(6-16-11)5-10(15)13(20)21/h3-4,6-7,10H,5,15H2,1-2H3,(H,20,21). The number of nitrogens with zero attached hydrogens (tertiary/aromatic N) is 3. The molecule has 0 bridgehead atoms. The van der Waals surface area contributed by atoms with Crippen LogP contribution in [0.1, 0.15) is 11.1 Å². The Hall–Kier alpha value is -2.74. The summed E-state index contributed by atoms with van der Waals surface area (Å²) < 4.78 is 2.27. The van der Waals surface area contributed by atoms with Crippen LogP contribution < -0.4 is 17.0 Å². The Balaban J connectivity index is 2.42. The number of carbonyl (C=O) groups is 1. The molecular weight excluding hydrogens is 288 g/mol. The maximum atomic E-state index is 12.1. The van der Waals surface area contributed by atoms with Gasteiger partial charge in [-0.05, 0) is 25.0 Å². The van der Waals surface area contributed by atoms with Gasteiger partial charge in [0.25, 0.3) is 5.56 Å². The molecule has 3 N–H and O–H groups in total. The van der Waals surface area contributed by atoms with Crippen molar-refractivity contribution in [2.75, 3.05) is 0 Å². The third kappa shape index (κ3) is 2.96. The van der Waals surface area contributed by atoms with Crippen molar-refractivity contribution in [3.05, 3.63) is 56.5 Å². The molecule has 0 fully saturated rings. The quantitative estimate of drug-likeness (QED) is 0.762. The lowest BCUT2D eigenvalue weighted by Gasteiger charge is -2.09. The van der Waals surface area contributed by atoms with Crippen LogP contribution in [-0.4, -0.2) is 31.2 Å². The average Bonchev–Trinajstić information content (AvgIpc) is 2.47. The van der Waals surface area contributed by atoms with E-state index in [-0.39, 0.29) is 12.2 Å². The van der Waals surface area contributed by atoms with Gasteiger partial charge in [-0.2, -0.15) is 0 Å². The summed E-state index contributed by atoms with van der Waals surface area (Å²) >= 11 is 0. The summed E-state index contributed by atoms with van der Waals surface area (Å²) in [6.45, 7) is 1.61. The summed E-state index contributed by atoms with van der Waals surface area (Å²) in [5, 5.41) is 8.77. The van der Waals surface area contributed by atoms with Crippen LogP contribution in [-0.2, 0) is 18.3 Å². The normalized spacial score (nSPS) is 12.1. The van der Waals surface area contributed by atoms with Crippen LogP contribution in [0.2, 0.25) is 0 Å². The zero-order valence-corrected chi connectivity index (χ0v) is 12.2. The minimum absolute atomic E-state index is 0.114. The molecule has 0 radical (unpaired) electrons. The molecule has 2 aromatic heterocycles. The molecule has 0 saturated heterocycles. The summed E-state index contributed by atoms with van der Waals surface area (Å²) in [4.78, 5) is 39.0. The number of carboxylic acid groups (broad SMARTS) is 1. The molecule has 22 heavy (non-hydrogen) atoms. The van der Waals surface area contributed by atoms with Gasteiger partial charge in [0.05, 0.1) is 0 Å². The van der Waals surface area contributed by atoms with Gasteiger partial charge in [-0.25, -0.2) is 14.3 Å². The number of rotatable bonds is 4. The molecule has 0 spiro atoms. The fraction of sp³-hybridized carbons (Fsp3) is 0.286. The van der Waals surface area contributed by atoms with Crippen molar-refractivity contribution in [2.24, 2.45) is 12.8 Å². The van der Waals surface area contributed by atoms with E-state index in [1.807, 2.05) is 0 Å². The molecule has 2 aromatic rings. The number of hydrogen-bond donors (Lipinski definition) is 2. The van der Waals surface area contributed by atoms with Gasteiger partial charge in [0, 0.05) is 25.0 Å². The van der Waals surface area contributed by atoms with E-state index in [0.29, 0.717) is 11.1 Å². The van der Waals surface area contributed by atoms with Crippen LogP contribution in [0.5, 0.6) is 0 Å². The molecule has 0 aliphatic carbocycles. The van der Waals surface area contributed by atoms with Gasteiger partial charge < -0.3 is 15.4 Å². The molecule has 116 valence electrons. The second-order valence-corrected chi connectivity index (χ2v) is 5.02. The van der Waals surface area contributed by atoms with Crippen molar-refractivity contribution in [3.8, 4) is 5.82 Å². The van der Waals surface area contributed by atoms with Gasteiger partial charge in [-0.15, -0.1) is 0 Å². The molecule has 8 nitrogen and oxygen atoms in total. The van der Waals surface area contributed by atoms with Crippen LogP contribution in [0.15, 0.2) is 34.1 Å². The molecule has 1 atom stereocenters. The lowest BCUT2D eigenvalue weighted by molar-refractivity contribution is -0.138. The Labute approximate surface area is 125 Å². The maximum Gasteiger partial charge on any atom is 0.336 e. The van der Waals surface area contributed by atoms with Crippen molar-refractivity contribution >= 4 is 5.97 Å². The Morgan fingerprint density at radius 3 is 2.64 bits per heavy atom. The molecule has 0 saturated carbocycles. The first-order chi connectivity index (χ1) is 10.3. The van der Waals surface area contributed by atoms with Crippen molar-refractivity contribution in [3.63, 3.8) is 0 Å². The fourth-order valence-electron chi connectivity index (χ4n) is 2.03. The average molecular weight is 304 g/mol. The Kier molecular flexibility index (Phi) is 4.22. The van der Waals surface area contributed by atoms with Crippen LogP contribution >= 0.6 is 0 Å². The summed E-state index contributed by atoms with van der Waals surface area (Å²) in [5.41, 5.74) is 5.53. The minimum Gasteiger partial charge on any atom is -0.480 e. The lowest BCUT2D eigenvalue weighted by atomic mass is 10.1. The number of aromatic nitrogens is 3. The highest BCUT2D eigenvalue weighted by molar-refractivity contribution is 5.73. The topological polar surface area (TPSA) is 120 Å². The van der Waals surface area contributed by atoms with Crippen molar-refractivity contribution in [1.82, 2.24) is 14.1 Å². The third-order valence-corrected chi connectivity index (χ3v) is 3.23. The van der Waals surface area contributed by atoms with Crippen LogP contribution in [0.4, 0.5) is 0 Å². The van der Waals surface area contributed by atoms with Gasteiger partial charge in [0.15, 0.2) is 0 Å². The second-order valence-electron chi connectivity index (χ2n) is 5.02. The van der Waals surface area contributed by atoms with E-state index in [1.165, 1.54) is 23.0 Å². The SMILES string of the molecule is Cc1cn(C)c(=O)n(-c2ccc(CC(N)C(=O)O)cn2)c1=O. The van der Waals surface area contributed by atoms with Gasteiger partial charge in [-0.1, -0.05) is 6.07 Å². The monoisotopic (exact) mass is 304 g/mol. The smallest absolute Gasteiger partial charge is 0.336 e. The molecule has 0 aromatic carbocycles. The fourth-order valence-corrected chi connectivity index (χ4v) is 2.03.